The van der Waals surface area contributed by atoms with Crippen LogP contribution in [-0.2, 0) is 0 Å². The Kier molecular flexibility index (Phi) is 6.57. The highest BCUT2D eigenvalue weighted by atomic mass is 32.2. The van der Waals surface area contributed by atoms with Crippen LogP contribution in [-0.4, -0.2) is 63.9 Å². The molecule has 170 valence electrons. The maximum atomic E-state index is 5.36. The van der Waals surface area contributed by atoms with Crippen molar-refractivity contribution in [3.8, 4) is 5.75 Å². The SMILES string of the molecule is COc1cccc(Sc2nc(Nc3cc(C)[nH]n3)cc(N3CCN(C(C)(C)C)CC3)n2)c1. The summed E-state index contributed by atoms with van der Waals surface area (Å²) >= 11 is 1.52. The first-order valence-corrected chi connectivity index (χ1v) is 11.6. The van der Waals surface area contributed by atoms with Gasteiger partial charge in [-0.3, -0.25) is 10.00 Å². The second-order valence-electron chi connectivity index (χ2n) is 8.88. The Morgan fingerprint density at radius 3 is 2.47 bits per heavy atom. The zero-order valence-electron chi connectivity index (χ0n) is 19.3. The lowest BCUT2D eigenvalue weighted by Gasteiger charge is -2.42. The quantitative estimate of drug-likeness (QED) is 0.534. The smallest absolute Gasteiger partial charge is 0.196 e. The zero-order valence-corrected chi connectivity index (χ0v) is 20.2. The Morgan fingerprint density at radius 2 is 1.81 bits per heavy atom. The van der Waals surface area contributed by atoms with E-state index < -0.39 is 0 Å². The molecule has 3 aromatic rings. The molecular weight excluding hydrogens is 422 g/mol. The molecule has 0 spiro atoms. The number of hydrogen-bond donors (Lipinski definition) is 2. The summed E-state index contributed by atoms with van der Waals surface area (Å²) in [5.41, 5.74) is 1.17. The van der Waals surface area contributed by atoms with Crippen LogP contribution >= 0.6 is 11.8 Å². The van der Waals surface area contributed by atoms with E-state index in [0.29, 0.717) is 5.16 Å². The van der Waals surface area contributed by atoms with Gasteiger partial charge in [-0.25, -0.2) is 9.97 Å². The predicted octanol–water partition coefficient (Wildman–Crippen LogP) is 4.33. The highest BCUT2D eigenvalue weighted by Gasteiger charge is 2.26. The van der Waals surface area contributed by atoms with Crippen LogP contribution in [0.1, 0.15) is 26.5 Å². The van der Waals surface area contributed by atoms with Crippen LogP contribution in [0.25, 0.3) is 0 Å². The van der Waals surface area contributed by atoms with Crippen LogP contribution < -0.4 is 15.0 Å². The van der Waals surface area contributed by atoms with Crippen molar-refractivity contribution >= 4 is 29.2 Å². The summed E-state index contributed by atoms with van der Waals surface area (Å²) in [7, 11) is 1.67. The molecule has 0 aliphatic carbocycles. The summed E-state index contributed by atoms with van der Waals surface area (Å²) in [6.07, 6.45) is 0. The summed E-state index contributed by atoms with van der Waals surface area (Å²) in [6, 6.07) is 11.9. The van der Waals surface area contributed by atoms with Gasteiger partial charge in [-0.15, -0.1) is 0 Å². The lowest BCUT2D eigenvalue weighted by Crippen LogP contribution is -2.53. The Labute approximate surface area is 193 Å². The largest absolute Gasteiger partial charge is 0.497 e. The van der Waals surface area contributed by atoms with E-state index in [9.17, 15) is 0 Å². The molecule has 2 N–H and O–H groups in total. The van der Waals surface area contributed by atoms with Crippen LogP contribution in [0, 0.1) is 6.92 Å². The Hall–Kier alpha value is -2.78. The fourth-order valence-electron chi connectivity index (χ4n) is 3.67. The number of methoxy groups -OCH3 is 1. The molecule has 0 bridgehead atoms. The van der Waals surface area contributed by atoms with E-state index in [0.717, 1.165) is 60.0 Å². The molecule has 1 fully saturated rings. The summed E-state index contributed by atoms with van der Waals surface area (Å²) in [5.74, 6) is 3.20. The monoisotopic (exact) mass is 453 g/mol. The van der Waals surface area contributed by atoms with Crippen molar-refractivity contribution in [2.45, 2.75) is 43.3 Å². The number of rotatable bonds is 6. The molecule has 4 rings (SSSR count). The van der Waals surface area contributed by atoms with Crippen molar-refractivity contribution in [2.24, 2.45) is 0 Å². The minimum absolute atomic E-state index is 0.176. The first kappa shape index (κ1) is 22.4. The van der Waals surface area contributed by atoms with Crippen molar-refractivity contribution in [1.29, 1.82) is 0 Å². The van der Waals surface area contributed by atoms with E-state index in [2.05, 4.69) is 46.1 Å². The number of hydrogen-bond acceptors (Lipinski definition) is 8. The van der Waals surface area contributed by atoms with Crippen molar-refractivity contribution in [2.75, 3.05) is 43.5 Å². The highest BCUT2D eigenvalue weighted by Crippen LogP contribution is 2.31. The first-order valence-electron chi connectivity index (χ1n) is 10.8. The third kappa shape index (κ3) is 5.52. The standard InChI is InChI=1S/C23H31N7OS/c1-16-13-20(28-27-16)24-19-15-21(29-9-11-30(12-10-29)23(2,3)4)26-22(25-19)32-18-8-6-7-17(14-18)31-5/h6-8,13-15H,9-12H2,1-5H3,(H2,24,25,26,27,28). The van der Waals surface area contributed by atoms with Gasteiger partial charge in [-0.05, 0) is 57.7 Å². The number of aromatic amines is 1. The maximum Gasteiger partial charge on any atom is 0.196 e. The summed E-state index contributed by atoms with van der Waals surface area (Å²) in [4.78, 5) is 15.5. The minimum atomic E-state index is 0.176. The number of nitrogens with one attached hydrogen (secondary N) is 2. The highest BCUT2D eigenvalue weighted by molar-refractivity contribution is 7.99. The van der Waals surface area contributed by atoms with Gasteiger partial charge in [0, 0.05) is 54.4 Å². The van der Waals surface area contributed by atoms with Crippen molar-refractivity contribution < 1.29 is 4.74 Å². The molecule has 0 atom stereocenters. The summed E-state index contributed by atoms with van der Waals surface area (Å²) in [6.45, 7) is 12.7. The molecule has 3 heterocycles. The van der Waals surface area contributed by atoms with Gasteiger partial charge in [0.05, 0.1) is 7.11 Å². The lowest BCUT2D eigenvalue weighted by atomic mass is 10.1. The van der Waals surface area contributed by atoms with Gasteiger partial charge >= 0.3 is 0 Å². The van der Waals surface area contributed by atoms with Crippen LogP contribution in [0.15, 0.2) is 46.5 Å². The average molecular weight is 454 g/mol. The van der Waals surface area contributed by atoms with Crippen molar-refractivity contribution in [3.05, 3.63) is 42.1 Å². The van der Waals surface area contributed by atoms with Gasteiger partial charge in [0.1, 0.15) is 17.4 Å². The van der Waals surface area contributed by atoms with E-state index in [1.807, 2.05) is 43.3 Å². The fraction of sp³-hybridized carbons (Fsp3) is 0.435. The number of piperazine rings is 1. The average Bonchev–Trinajstić information content (AvgIpc) is 3.17. The molecule has 9 heteroatoms. The maximum absolute atomic E-state index is 5.36. The van der Waals surface area contributed by atoms with E-state index in [1.165, 1.54) is 11.8 Å². The number of anilines is 3. The second-order valence-corrected chi connectivity index (χ2v) is 9.92. The van der Waals surface area contributed by atoms with Crippen LogP contribution in [0.2, 0.25) is 0 Å². The molecule has 2 aromatic heterocycles. The number of ether oxygens (including phenoxy) is 1. The molecule has 0 amide bonds. The summed E-state index contributed by atoms with van der Waals surface area (Å²) in [5, 5.41) is 11.2. The summed E-state index contributed by atoms with van der Waals surface area (Å²) < 4.78 is 5.36. The topological polar surface area (TPSA) is 82.2 Å². The number of H-pyrrole nitrogens is 1. The predicted molar refractivity (Wildman–Crippen MR) is 129 cm³/mol. The third-order valence-corrected chi connectivity index (χ3v) is 6.31. The normalized spacial score (nSPS) is 15.1. The Morgan fingerprint density at radius 1 is 1.03 bits per heavy atom. The van der Waals surface area contributed by atoms with Crippen LogP contribution in [0.3, 0.4) is 0 Å². The van der Waals surface area contributed by atoms with Gasteiger partial charge in [0.15, 0.2) is 11.0 Å². The molecule has 0 radical (unpaired) electrons. The molecule has 1 saturated heterocycles. The van der Waals surface area contributed by atoms with Gasteiger partial charge in [-0.2, -0.15) is 5.10 Å². The van der Waals surface area contributed by atoms with Crippen molar-refractivity contribution in [3.63, 3.8) is 0 Å². The Bertz CT molecular complexity index is 1050. The number of aromatic nitrogens is 4. The molecule has 0 saturated carbocycles. The van der Waals surface area contributed by atoms with Gasteiger partial charge in [0.25, 0.3) is 0 Å². The molecule has 1 aliphatic rings. The number of nitrogens with zero attached hydrogens (tertiary/aromatic N) is 5. The molecule has 1 aliphatic heterocycles. The van der Waals surface area contributed by atoms with Gasteiger partial charge in [-0.1, -0.05) is 6.07 Å². The lowest BCUT2D eigenvalue weighted by molar-refractivity contribution is 0.128. The van der Waals surface area contributed by atoms with Crippen LogP contribution in [0.4, 0.5) is 17.5 Å². The van der Waals surface area contributed by atoms with E-state index in [-0.39, 0.29) is 5.54 Å². The fourth-order valence-corrected chi connectivity index (χ4v) is 4.49. The third-order valence-electron chi connectivity index (χ3n) is 5.46. The molecular formula is C23H31N7OS. The van der Waals surface area contributed by atoms with E-state index >= 15 is 0 Å². The molecule has 1 aromatic carbocycles. The second kappa shape index (κ2) is 9.38. The Balaban J connectivity index is 1.60. The molecule has 0 unspecified atom stereocenters. The van der Waals surface area contributed by atoms with Gasteiger partial charge < -0.3 is 15.0 Å². The van der Waals surface area contributed by atoms with E-state index in [1.54, 1.807) is 7.11 Å². The minimum Gasteiger partial charge on any atom is -0.497 e. The van der Waals surface area contributed by atoms with Crippen molar-refractivity contribution in [1.82, 2.24) is 25.1 Å². The van der Waals surface area contributed by atoms with E-state index in [4.69, 9.17) is 14.7 Å². The first-order chi connectivity index (χ1) is 15.3. The molecule has 32 heavy (non-hydrogen) atoms. The molecule has 8 nitrogen and oxygen atoms in total. The number of benzene rings is 1. The zero-order chi connectivity index (χ0) is 22.7. The number of aryl methyl sites for hydroxylation is 1. The van der Waals surface area contributed by atoms with Crippen LogP contribution in [0.5, 0.6) is 5.75 Å². The van der Waals surface area contributed by atoms with Gasteiger partial charge in [0.2, 0.25) is 0 Å².